The molecular weight excluding hydrogens is 284 g/mol. The highest BCUT2D eigenvalue weighted by molar-refractivity contribution is 5.69. The maximum Gasteiger partial charge on any atom is 0.304 e. The van der Waals surface area contributed by atoms with E-state index in [9.17, 15) is 4.79 Å². The largest absolute Gasteiger partial charge is 0.493 e. The van der Waals surface area contributed by atoms with E-state index in [1.54, 1.807) is 7.11 Å². The summed E-state index contributed by atoms with van der Waals surface area (Å²) >= 11 is 0. The number of carboxylic acid groups (broad SMARTS) is 1. The van der Waals surface area contributed by atoms with Gasteiger partial charge in [0, 0.05) is 23.8 Å². The molecule has 0 aromatic heterocycles. The zero-order valence-corrected chi connectivity index (χ0v) is 13.4. The molecule has 0 bridgehead atoms. The summed E-state index contributed by atoms with van der Waals surface area (Å²) in [7, 11) is 1.59. The molecule has 1 aromatic rings. The summed E-state index contributed by atoms with van der Waals surface area (Å²) in [5.41, 5.74) is 0.314. The van der Waals surface area contributed by atoms with Gasteiger partial charge in [-0.05, 0) is 6.07 Å². The fourth-order valence-corrected chi connectivity index (χ4v) is 2.80. The second kappa shape index (κ2) is 7.01. The second-order valence-corrected chi connectivity index (χ2v) is 6.22. The molecule has 0 atom stereocenters. The predicted octanol–water partition coefficient (Wildman–Crippen LogP) is 3.01. The number of aliphatic carboxylic acids is 1. The summed E-state index contributed by atoms with van der Waals surface area (Å²) in [5, 5.41) is 9.12. The Morgan fingerprint density at radius 1 is 1.36 bits per heavy atom. The van der Waals surface area contributed by atoms with Gasteiger partial charge in [-0.3, -0.25) is 4.79 Å². The number of ether oxygens (including phenoxy) is 3. The van der Waals surface area contributed by atoms with Crippen molar-refractivity contribution in [3.63, 3.8) is 0 Å². The lowest BCUT2D eigenvalue weighted by molar-refractivity contribution is -0.138. The van der Waals surface area contributed by atoms with Crippen molar-refractivity contribution in [2.24, 2.45) is 0 Å². The summed E-state index contributed by atoms with van der Waals surface area (Å²) in [5.74, 6) is 0.466. The highest BCUT2D eigenvalue weighted by Crippen LogP contribution is 2.40. The number of hydrogen-bond donors (Lipinski definition) is 1. The Morgan fingerprint density at radius 2 is 2.05 bits per heavy atom. The van der Waals surface area contributed by atoms with Crippen LogP contribution in [0.4, 0.5) is 0 Å². The molecule has 0 radical (unpaired) electrons. The van der Waals surface area contributed by atoms with Crippen LogP contribution < -0.4 is 9.47 Å². The van der Waals surface area contributed by atoms with Crippen LogP contribution in [0, 0.1) is 0 Å². The molecule has 1 fully saturated rings. The van der Waals surface area contributed by atoms with Crippen molar-refractivity contribution in [3.05, 3.63) is 23.8 Å². The molecule has 1 aromatic carbocycles. The smallest absolute Gasteiger partial charge is 0.304 e. The molecular formula is C17H24O5. The first kappa shape index (κ1) is 16.6. The van der Waals surface area contributed by atoms with E-state index in [1.807, 2.05) is 32.0 Å². The monoisotopic (exact) mass is 308 g/mol. The van der Waals surface area contributed by atoms with Crippen molar-refractivity contribution >= 4 is 5.97 Å². The molecule has 1 N–H and O–H groups in total. The Morgan fingerprint density at radius 3 is 2.64 bits per heavy atom. The Kier molecular flexibility index (Phi) is 5.29. The molecule has 1 aliphatic heterocycles. The van der Waals surface area contributed by atoms with Crippen molar-refractivity contribution in [2.45, 2.75) is 44.6 Å². The van der Waals surface area contributed by atoms with E-state index in [-0.39, 0.29) is 12.5 Å². The van der Waals surface area contributed by atoms with Crippen molar-refractivity contribution in [2.75, 3.05) is 20.3 Å². The summed E-state index contributed by atoms with van der Waals surface area (Å²) in [6, 6.07) is 5.66. The first-order valence-corrected chi connectivity index (χ1v) is 7.57. The number of rotatable bonds is 6. The number of carbonyl (C=O) groups is 1. The Balaban J connectivity index is 2.28. The van der Waals surface area contributed by atoms with Crippen LogP contribution in [0.3, 0.4) is 0 Å². The summed E-state index contributed by atoms with van der Waals surface area (Å²) in [6.45, 7) is 5.21. The number of methoxy groups -OCH3 is 1. The van der Waals surface area contributed by atoms with E-state index in [4.69, 9.17) is 19.3 Å². The fraction of sp³-hybridized carbons (Fsp3) is 0.588. The summed E-state index contributed by atoms with van der Waals surface area (Å²) in [6.07, 6.45) is 1.85. The first-order valence-electron chi connectivity index (χ1n) is 7.57. The molecule has 1 heterocycles. The molecule has 22 heavy (non-hydrogen) atoms. The van der Waals surface area contributed by atoms with Gasteiger partial charge in [0.25, 0.3) is 0 Å². The Labute approximate surface area is 131 Å². The molecule has 0 amide bonds. The molecule has 0 aliphatic carbocycles. The fourth-order valence-electron chi connectivity index (χ4n) is 2.80. The van der Waals surface area contributed by atoms with Crippen LogP contribution in [0.2, 0.25) is 0 Å². The SMILES string of the molecule is COc1c(OC2CCOCC2)cccc1C(C)(C)CC(=O)O. The van der Waals surface area contributed by atoms with Gasteiger partial charge in [-0.25, -0.2) is 0 Å². The van der Waals surface area contributed by atoms with Gasteiger partial charge >= 0.3 is 5.97 Å². The predicted molar refractivity (Wildman–Crippen MR) is 82.7 cm³/mol. The maximum absolute atomic E-state index is 11.1. The minimum absolute atomic E-state index is 0.0318. The second-order valence-electron chi connectivity index (χ2n) is 6.22. The third-order valence-electron chi connectivity index (χ3n) is 3.97. The van der Waals surface area contributed by atoms with Crippen molar-refractivity contribution < 1.29 is 24.1 Å². The average molecular weight is 308 g/mol. The topological polar surface area (TPSA) is 65.0 Å². The van der Waals surface area contributed by atoms with E-state index in [0.29, 0.717) is 24.7 Å². The van der Waals surface area contributed by atoms with Crippen molar-refractivity contribution in [3.8, 4) is 11.5 Å². The first-order chi connectivity index (χ1) is 10.4. The third-order valence-corrected chi connectivity index (χ3v) is 3.97. The highest BCUT2D eigenvalue weighted by Gasteiger charge is 2.29. The molecule has 2 rings (SSSR count). The molecule has 1 aliphatic rings. The van der Waals surface area contributed by atoms with Crippen LogP contribution in [-0.4, -0.2) is 37.5 Å². The van der Waals surface area contributed by atoms with Gasteiger partial charge in [0.15, 0.2) is 11.5 Å². The van der Waals surface area contributed by atoms with Crippen molar-refractivity contribution in [1.82, 2.24) is 0 Å². The standard InChI is InChI=1S/C17H24O5/c1-17(2,11-15(18)19)13-5-4-6-14(16(13)20-3)22-12-7-9-21-10-8-12/h4-6,12H,7-11H2,1-3H3,(H,18,19). The zero-order valence-electron chi connectivity index (χ0n) is 13.4. The Bertz CT molecular complexity index is 518. The molecule has 1 saturated heterocycles. The molecule has 0 unspecified atom stereocenters. The van der Waals surface area contributed by atoms with Crippen molar-refractivity contribution in [1.29, 1.82) is 0 Å². The van der Waals surface area contributed by atoms with Crippen LogP contribution in [0.25, 0.3) is 0 Å². The number of hydrogen-bond acceptors (Lipinski definition) is 4. The van der Waals surface area contributed by atoms with Gasteiger partial charge in [-0.15, -0.1) is 0 Å². The number of benzene rings is 1. The van der Waals surface area contributed by atoms with E-state index < -0.39 is 11.4 Å². The van der Waals surface area contributed by atoms with Gasteiger partial charge in [-0.2, -0.15) is 0 Å². The zero-order chi connectivity index (χ0) is 16.2. The minimum atomic E-state index is -0.831. The van der Waals surface area contributed by atoms with Gasteiger partial charge in [0.1, 0.15) is 6.10 Å². The summed E-state index contributed by atoms with van der Waals surface area (Å²) in [4.78, 5) is 11.1. The average Bonchev–Trinajstić information content (AvgIpc) is 2.47. The summed E-state index contributed by atoms with van der Waals surface area (Å²) < 4.78 is 16.9. The quantitative estimate of drug-likeness (QED) is 0.875. The van der Waals surface area contributed by atoms with E-state index in [0.717, 1.165) is 18.4 Å². The van der Waals surface area contributed by atoms with Gasteiger partial charge < -0.3 is 19.3 Å². The van der Waals surface area contributed by atoms with E-state index in [1.165, 1.54) is 0 Å². The van der Waals surface area contributed by atoms with Crippen LogP contribution in [0.5, 0.6) is 11.5 Å². The lowest BCUT2D eigenvalue weighted by Crippen LogP contribution is -2.27. The molecule has 122 valence electrons. The molecule has 5 heteroatoms. The van der Waals surface area contributed by atoms with Crippen LogP contribution in [0.1, 0.15) is 38.7 Å². The van der Waals surface area contributed by atoms with Gasteiger partial charge in [0.2, 0.25) is 0 Å². The molecule has 0 saturated carbocycles. The van der Waals surface area contributed by atoms with E-state index >= 15 is 0 Å². The lowest BCUT2D eigenvalue weighted by Gasteiger charge is -2.28. The van der Waals surface area contributed by atoms with Crippen LogP contribution >= 0.6 is 0 Å². The lowest BCUT2D eigenvalue weighted by atomic mass is 9.81. The molecule has 0 spiro atoms. The highest BCUT2D eigenvalue weighted by atomic mass is 16.5. The van der Waals surface area contributed by atoms with Crippen LogP contribution in [-0.2, 0) is 14.9 Å². The molecule has 5 nitrogen and oxygen atoms in total. The minimum Gasteiger partial charge on any atom is -0.493 e. The van der Waals surface area contributed by atoms with E-state index in [2.05, 4.69) is 0 Å². The number of carboxylic acids is 1. The normalized spacial score (nSPS) is 16.3. The van der Waals surface area contributed by atoms with Gasteiger partial charge in [0.05, 0.1) is 26.7 Å². The number of para-hydroxylation sites is 1. The van der Waals surface area contributed by atoms with Crippen LogP contribution in [0.15, 0.2) is 18.2 Å². The van der Waals surface area contributed by atoms with Gasteiger partial charge in [-0.1, -0.05) is 26.0 Å². The Hall–Kier alpha value is -1.75. The third kappa shape index (κ3) is 3.91. The maximum atomic E-state index is 11.1.